The molecule has 0 unspecified atom stereocenters. The molecule has 2 atom stereocenters. The molecule has 1 aromatic carbocycles. The molecule has 1 fully saturated rings. The summed E-state index contributed by atoms with van der Waals surface area (Å²) >= 11 is 0. The Morgan fingerprint density at radius 3 is 3.10 bits per heavy atom. The molecule has 1 aromatic heterocycles. The van der Waals surface area contributed by atoms with E-state index < -0.39 is 0 Å². The Bertz CT molecular complexity index is 629. The van der Waals surface area contributed by atoms with Crippen molar-refractivity contribution in [3.63, 3.8) is 0 Å². The van der Waals surface area contributed by atoms with Gasteiger partial charge in [0.25, 0.3) is 0 Å². The molecule has 0 saturated heterocycles. The smallest absolute Gasteiger partial charge is 0.219 e. The van der Waals surface area contributed by atoms with Crippen molar-refractivity contribution in [1.82, 2.24) is 5.32 Å². The highest BCUT2D eigenvalue weighted by molar-refractivity contribution is 5.83. The number of rotatable bonds is 5. The fraction of sp³-hybridized carbons (Fsp3) is 0.471. The van der Waals surface area contributed by atoms with E-state index in [0.29, 0.717) is 18.3 Å². The fourth-order valence-electron chi connectivity index (χ4n) is 2.95. The van der Waals surface area contributed by atoms with Gasteiger partial charge in [-0.1, -0.05) is 19.1 Å². The molecule has 0 radical (unpaired) electrons. The number of hydrogen-bond acceptors (Lipinski definition) is 2. The first-order valence-electron chi connectivity index (χ1n) is 7.44. The SMILES string of the molecule is CCCC(=O)NC[C@@H]1C[C@H]1c1cccc2oc(C)cc12. The van der Waals surface area contributed by atoms with Crippen LogP contribution >= 0.6 is 0 Å². The molecule has 1 aliphatic carbocycles. The van der Waals surface area contributed by atoms with Crippen molar-refractivity contribution in [3.05, 3.63) is 35.6 Å². The molecule has 2 aromatic rings. The molecule has 0 spiro atoms. The average Bonchev–Trinajstić information content (AvgIpc) is 3.08. The Labute approximate surface area is 119 Å². The van der Waals surface area contributed by atoms with E-state index in [-0.39, 0.29) is 5.91 Å². The Hall–Kier alpha value is -1.77. The van der Waals surface area contributed by atoms with Crippen LogP contribution in [0.5, 0.6) is 0 Å². The topological polar surface area (TPSA) is 42.2 Å². The maximum Gasteiger partial charge on any atom is 0.219 e. The Kier molecular flexibility index (Phi) is 3.51. The minimum atomic E-state index is 0.176. The maximum atomic E-state index is 11.5. The van der Waals surface area contributed by atoms with Gasteiger partial charge in [-0.3, -0.25) is 4.79 Å². The second-order valence-corrected chi connectivity index (χ2v) is 5.77. The van der Waals surface area contributed by atoms with Crippen LogP contribution < -0.4 is 5.32 Å². The number of carbonyl (C=O) groups is 1. The summed E-state index contributed by atoms with van der Waals surface area (Å²) in [5, 5.41) is 4.27. The average molecular weight is 271 g/mol. The van der Waals surface area contributed by atoms with Gasteiger partial charge in [-0.2, -0.15) is 0 Å². The van der Waals surface area contributed by atoms with Gasteiger partial charge in [-0.15, -0.1) is 0 Å². The summed E-state index contributed by atoms with van der Waals surface area (Å²) in [7, 11) is 0. The van der Waals surface area contributed by atoms with Crippen LogP contribution in [0.15, 0.2) is 28.7 Å². The Morgan fingerprint density at radius 2 is 2.30 bits per heavy atom. The zero-order chi connectivity index (χ0) is 14.1. The molecule has 1 amide bonds. The van der Waals surface area contributed by atoms with E-state index in [1.54, 1.807) is 0 Å². The predicted octanol–water partition coefficient (Wildman–Crippen LogP) is 3.76. The third kappa shape index (κ3) is 2.58. The van der Waals surface area contributed by atoms with Crippen molar-refractivity contribution in [2.24, 2.45) is 5.92 Å². The summed E-state index contributed by atoms with van der Waals surface area (Å²) in [6.07, 6.45) is 2.71. The molecule has 20 heavy (non-hydrogen) atoms. The molecule has 1 N–H and O–H groups in total. The van der Waals surface area contributed by atoms with Gasteiger partial charge >= 0.3 is 0 Å². The molecule has 0 aliphatic heterocycles. The van der Waals surface area contributed by atoms with Gasteiger partial charge in [0.1, 0.15) is 11.3 Å². The standard InChI is InChI=1S/C17H21NO2/c1-3-5-17(19)18-10-12-9-14(12)13-6-4-7-16-15(13)8-11(2)20-16/h4,6-8,12,14H,3,5,9-10H2,1-2H3,(H,18,19)/t12-,14+/m0/s1. The van der Waals surface area contributed by atoms with Crippen molar-refractivity contribution in [3.8, 4) is 0 Å². The van der Waals surface area contributed by atoms with Gasteiger partial charge < -0.3 is 9.73 Å². The molecule has 106 valence electrons. The summed E-state index contributed by atoms with van der Waals surface area (Å²) in [5.74, 6) is 2.28. The highest BCUT2D eigenvalue weighted by Crippen LogP contribution is 2.49. The van der Waals surface area contributed by atoms with Gasteiger partial charge in [0.15, 0.2) is 0 Å². The lowest BCUT2D eigenvalue weighted by molar-refractivity contribution is -0.121. The molecule has 0 bridgehead atoms. The summed E-state index contributed by atoms with van der Waals surface area (Å²) < 4.78 is 5.68. The molecule has 1 saturated carbocycles. The van der Waals surface area contributed by atoms with Crippen LogP contribution in [-0.4, -0.2) is 12.5 Å². The van der Waals surface area contributed by atoms with E-state index in [1.165, 1.54) is 10.9 Å². The van der Waals surface area contributed by atoms with Gasteiger partial charge in [0.05, 0.1) is 0 Å². The monoisotopic (exact) mass is 271 g/mol. The molecule has 1 heterocycles. The fourth-order valence-corrected chi connectivity index (χ4v) is 2.95. The van der Waals surface area contributed by atoms with Crippen LogP contribution in [0, 0.1) is 12.8 Å². The molecule has 3 nitrogen and oxygen atoms in total. The van der Waals surface area contributed by atoms with Crippen LogP contribution in [-0.2, 0) is 4.79 Å². The lowest BCUT2D eigenvalue weighted by Gasteiger charge is -2.04. The molecule has 1 aliphatic rings. The zero-order valence-electron chi connectivity index (χ0n) is 12.1. The number of carbonyl (C=O) groups excluding carboxylic acids is 1. The van der Waals surface area contributed by atoms with Crippen LogP contribution in [0.1, 0.15) is 43.4 Å². The number of furan rings is 1. The summed E-state index contributed by atoms with van der Waals surface area (Å²) in [6.45, 7) is 4.82. The minimum Gasteiger partial charge on any atom is -0.461 e. The lowest BCUT2D eigenvalue weighted by atomic mass is 10.0. The highest BCUT2D eigenvalue weighted by atomic mass is 16.3. The third-order valence-corrected chi connectivity index (χ3v) is 4.08. The van der Waals surface area contributed by atoms with Crippen LogP contribution in [0.4, 0.5) is 0 Å². The Morgan fingerprint density at radius 1 is 1.45 bits per heavy atom. The van der Waals surface area contributed by atoms with E-state index in [1.807, 2.05) is 19.9 Å². The lowest BCUT2D eigenvalue weighted by Crippen LogP contribution is -2.25. The van der Waals surface area contributed by atoms with Gasteiger partial charge in [-0.05, 0) is 49.3 Å². The Balaban J connectivity index is 1.67. The second-order valence-electron chi connectivity index (χ2n) is 5.77. The summed E-state index contributed by atoms with van der Waals surface area (Å²) in [5.41, 5.74) is 2.34. The van der Waals surface area contributed by atoms with Crippen molar-refractivity contribution in [1.29, 1.82) is 0 Å². The third-order valence-electron chi connectivity index (χ3n) is 4.08. The first kappa shape index (κ1) is 13.2. The first-order valence-corrected chi connectivity index (χ1v) is 7.44. The van der Waals surface area contributed by atoms with Gasteiger partial charge in [0.2, 0.25) is 5.91 Å². The molecule has 3 heteroatoms. The van der Waals surface area contributed by atoms with Crippen LogP contribution in [0.25, 0.3) is 11.0 Å². The quantitative estimate of drug-likeness (QED) is 0.899. The van der Waals surface area contributed by atoms with Crippen LogP contribution in [0.3, 0.4) is 0 Å². The number of amides is 1. The number of benzene rings is 1. The van der Waals surface area contributed by atoms with Crippen molar-refractivity contribution in [2.45, 2.75) is 39.0 Å². The number of nitrogens with one attached hydrogen (secondary N) is 1. The number of aryl methyl sites for hydroxylation is 1. The van der Waals surface area contributed by atoms with E-state index in [0.717, 1.165) is 30.7 Å². The van der Waals surface area contributed by atoms with E-state index in [9.17, 15) is 4.79 Å². The maximum absolute atomic E-state index is 11.5. The molecular weight excluding hydrogens is 250 g/mol. The molecule has 3 rings (SSSR count). The predicted molar refractivity (Wildman–Crippen MR) is 79.7 cm³/mol. The van der Waals surface area contributed by atoms with E-state index in [4.69, 9.17) is 4.42 Å². The summed E-state index contributed by atoms with van der Waals surface area (Å²) in [6, 6.07) is 8.39. The largest absolute Gasteiger partial charge is 0.461 e. The number of fused-ring (bicyclic) bond motifs is 1. The van der Waals surface area contributed by atoms with Crippen LogP contribution in [0.2, 0.25) is 0 Å². The highest BCUT2D eigenvalue weighted by Gasteiger charge is 2.39. The minimum absolute atomic E-state index is 0.176. The van der Waals surface area contributed by atoms with E-state index in [2.05, 4.69) is 23.5 Å². The van der Waals surface area contributed by atoms with Gasteiger partial charge in [-0.25, -0.2) is 0 Å². The van der Waals surface area contributed by atoms with E-state index >= 15 is 0 Å². The zero-order valence-corrected chi connectivity index (χ0v) is 12.1. The normalized spacial score (nSPS) is 21.1. The molecular formula is C17H21NO2. The first-order chi connectivity index (χ1) is 9.69. The van der Waals surface area contributed by atoms with Gasteiger partial charge in [0, 0.05) is 18.4 Å². The summed E-state index contributed by atoms with van der Waals surface area (Å²) in [4.78, 5) is 11.5. The number of hydrogen-bond donors (Lipinski definition) is 1. The van der Waals surface area contributed by atoms with Crippen molar-refractivity contribution in [2.75, 3.05) is 6.54 Å². The van der Waals surface area contributed by atoms with Crippen molar-refractivity contribution < 1.29 is 9.21 Å². The second kappa shape index (κ2) is 5.31. The van der Waals surface area contributed by atoms with Crippen molar-refractivity contribution >= 4 is 16.9 Å².